The summed E-state index contributed by atoms with van der Waals surface area (Å²) >= 11 is 0. The van der Waals surface area contributed by atoms with Crippen LogP contribution in [0.3, 0.4) is 0 Å². The number of aliphatic hydroxyl groups excluding tert-OH is 1. The Morgan fingerprint density at radius 2 is 1.63 bits per heavy atom. The molecule has 1 fully saturated rings. The standard InChI is InChI=1S/C18H30N4O8/c1-9(2)14(18(29)30)22-17(28)12(8-23)21-16(27)11(5-6-13(24)25)20-15(26)10-4-3-7-19-10/h9-12,14,19,23H,3-8H2,1-2H3,(H,20,26)(H,21,27)(H,22,28)(H,24,25)(H,29,30). The third-order valence-corrected chi connectivity index (χ3v) is 4.70. The minimum atomic E-state index is -1.47. The molecule has 0 aromatic heterocycles. The number of nitrogens with one attached hydrogen (secondary N) is 4. The number of aliphatic hydroxyl groups is 1. The summed E-state index contributed by atoms with van der Waals surface area (Å²) in [6.07, 6.45) is 0.744. The Kier molecular flexibility index (Phi) is 10.2. The SMILES string of the molecule is CC(C)C(NC(=O)C(CO)NC(=O)C(CCC(=O)O)NC(=O)C1CCCN1)C(=O)O. The van der Waals surface area contributed by atoms with Crippen LogP contribution in [0.5, 0.6) is 0 Å². The topological polar surface area (TPSA) is 194 Å². The summed E-state index contributed by atoms with van der Waals surface area (Å²) in [6.45, 7) is 3.00. The van der Waals surface area contributed by atoms with E-state index >= 15 is 0 Å². The van der Waals surface area contributed by atoms with Gasteiger partial charge in [-0.15, -0.1) is 0 Å². The maximum absolute atomic E-state index is 12.6. The molecule has 0 radical (unpaired) electrons. The van der Waals surface area contributed by atoms with Crippen molar-refractivity contribution in [2.45, 2.75) is 63.7 Å². The van der Waals surface area contributed by atoms with Crippen molar-refractivity contribution in [1.82, 2.24) is 21.3 Å². The van der Waals surface area contributed by atoms with Gasteiger partial charge in [0.25, 0.3) is 0 Å². The van der Waals surface area contributed by atoms with Gasteiger partial charge in [-0.25, -0.2) is 4.79 Å². The third-order valence-electron chi connectivity index (χ3n) is 4.70. The van der Waals surface area contributed by atoms with Gasteiger partial charge < -0.3 is 36.6 Å². The fraction of sp³-hybridized carbons (Fsp3) is 0.722. The number of carboxylic acid groups (broad SMARTS) is 2. The van der Waals surface area contributed by atoms with Crippen LogP contribution in [0.2, 0.25) is 0 Å². The number of hydrogen-bond acceptors (Lipinski definition) is 7. The summed E-state index contributed by atoms with van der Waals surface area (Å²) in [5.74, 6) is -5.10. The van der Waals surface area contributed by atoms with Gasteiger partial charge in [0.15, 0.2) is 0 Å². The van der Waals surface area contributed by atoms with Crippen LogP contribution in [-0.4, -0.2) is 82.3 Å². The molecule has 0 spiro atoms. The first-order valence-corrected chi connectivity index (χ1v) is 9.76. The molecular formula is C18H30N4O8. The van der Waals surface area contributed by atoms with E-state index in [1.165, 1.54) is 0 Å². The Morgan fingerprint density at radius 1 is 1.00 bits per heavy atom. The van der Waals surface area contributed by atoms with Crippen molar-refractivity contribution in [2.24, 2.45) is 5.92 Å². The maximum Gasteiger partial charge on any atom is 0.326 e. The highest BCUT2D eigenvalue weighted by molar-refractivity contribution is 5.94. The second kappa shape index (κ2) is 12.1. The van der Waals surface area contributed by atoms with Crippen LogP contribution in [0, 0.1) is 5.92 Å². The number of amides is 3. The number of carbonyl (C=O) groups excluding carboxylic acids is 3. The molecule has 30 heavy (non-hydrogen) atoms. The molecule has 0 bridgehead atoms. The van der Waals surface area contributed by atoms with Crippen molar-refractivity contribution in [2.75, 3.05) is 13.2 Å². The molecule has 0 saturated carbocycles. The van der Waals surface area contributed by atoms with Gasteiger partial charge in [0.05, 0.1) is 12.6 Å². The summed E-state index contributed by atoms with van der Waals surface area (Å²) in [5.41, 5.74) is 0. The van der Waals surface area contributed by atoms with E-state index in [4.69, 9.17) is 10.2 Å². The van der Waals surface area contributed by atoms with Gasteiger partial charge in [0.2, 0.25) is 17.7 Å². The Labute approximate surface area is 173 Å². The Bertz CT molecular complexity index is 648. The first-order chi connectivity index (χ1) is 14.1. The highest BCUT2D eigenvalue weighted by Crippen LogP contribution is 2.07. The molecule has 7 N–H and O–H groups in total. The average molecular weight is 430 g/mol. The quantitative estimate of drug-likeness (QED) is 0.180. The van der Waals surface area contributed by atoms with Crippen molar-refractivity contribution in [1.29, 1.82) is 0 Å². The highest BCUT2D eigenvalue weighted by atomic mass is 16.4. The summed E-state index contributed by atoms with van der Waals surface area (Å²) in [6, 6.07) is -4.42. The minimum Gasteiger partial charge on any atom is -0.481 e. The predicted molar refractivity (Wildman–Crippen MR) is 103 cm³/mol. The van der Waals surface area contributed by atoms with E-state index in [1.807, 2.05) is 0 Å². The monoisotopic (exact) mass is 430 g/mol. The van der Waals surface area contributed by atoms with Crippen LogP contribution in [0.15, 0.2) is 0 Å². The molecular weight excluding hydrogens is 400 g/mol. The second-order valence-electron chi connectivity index (χ2n) is 7.45. The maximum atomic E-state index is 12.6. The molecule has 1 aliphatic rings. The van der Waals surface area contributed by atoms with E-state index in [0.717, 1.165) is 6.42 Å². The molecule has 1 rings (SSSR count). The van der Waals surface area contributed by atoms with Crippen LogP contribution < -0.4 is 21.3 Å². The highest BCUT2D eigenvalue weighted by Gasteiger charge is 2.32. The van der Waals surface area contributed by atoms with Gasteiger partial charge in [0, 0.05) is 6.42 Å². The molecule has 1 aliphatic heterocycles. The van der Waals surface area contributed by atoms with E-state index in [1.54, 1.807) is 13.8 Å². The van der Waals surface area contributed by atoms with Crippen molar-refractivity contribution < 1.29 is 39.3 Å². The lowest BCUT2D eigenvalue weighted by Crippen LogP contribution is -2.58. The number of carboxylic acids is 2. The first kappa shape index (κ1) is 25.3. The van der Waals surface area contributed by atoms with Crippen LogP contribution in [0.1, 0.15) is 39.5 Å². The summed E-state index contributed by atoms with van der Waals surface area (Å²) < 4.78 is 0. The summed E-state index contributed by atoms with van der Waals surface area (Å²) in [7, 11) is 0. The van der Waals surface area contributed by atoms with Gasteiger partial charge in [0.1, 0.15) is 18.1 Å². The van der Waals surface area contributed by atoms with Gasteiger partial charge >= 0.3 is 11.9 Å². The Balaban J connectivity index is 2.81. The van der Waals surface area contributed by atoms with Gasteiger partial charge in [-0.2, -0.15) is 0 Å². The van der Waals surface area contributed by atoms with Crippen molar-refractivity contribution in [3.63, 3.8) is 0 Å². The smallest absolute Gasteiger partial charge is 0.326 e. The molecule has 3 amide bonds. The molecule has 0 aliphatic carbocycles. The molecule has 1 saturated heterocycles. The summed E-state index contributed by atoms with van der Waals surface area (Å²) in [4.78, 5) is 59.3. The third kappa shape index (κ3) is 7.95. The minimum absolute atomic E-state index is 0.219. The normalized spacial score (nSPS) is 18.9. The van der Waals surface area contributed by atoms with E-state index in [-0.39, 0.29) is 6.42 Å². The lowest BCUT2D eigenvalue weighted by atomic mass is 10.0. The van der Waals surface area contributed by atoms with Crippen LogP contribution in [0.4, 0.5) is 0 Å². The fourth-order valence-electron chi connectivity index (χ4n) is 2.95. The lowest BCUT2D eigenvalue weighted by molar-refractivity contribution is -0.143. The van der Waals surface area contributed by atoms with Crippen LogP contribution in [-0.2, 0) is 24.0 Å². The molecule has 170 valence electrons. The second-order valence-corrected chi connectivity index (χ2v) is 7.45. The summed E-state index contributed by atoms with van der Waals surface area (Å²) in [5, 5.41) is 37.5. The predicted octanol–water partition coefficient (Wildman–Crippen LogP) is -2.21. The zero-order valence-corrected chi connectivity index (χ0v) is 17.0. The van der Waals surface area contributed by atoms with Crippen molar-refractivity contribution in [3.8, 4) is 0 Å². The largest absolute Gasteiger partial charge is 0.481 e. The van der Waals surface area contributed by atoms with Crippen LogP contribution >= 0.6 is 0 Å². The number of hydrogen-bond donors (Lipinski definition) is 7. The fourth-order valence-corrected chi connectivity index (χ4v) is 2.95. The molecule has 4 atom stereocenters. The van der Waals surface area contributed by atoms with Gasteiger partial charge in [-0.1, -0.05) is 13.8 Å². The number of carbonyl (C=O) groups is 5. The number of aliphatic carboxylic acids is 2. The van der Waals surface area contributed by atoms with Gasteiger partial charge in [-0.3, -0.25) is 19.2 Å². The molecule has 0 aromatic rings. The first-order valence-electron chi connectivity index (χ1n) is 9.76. The van der Waals surface area contributed by atoms with Gasteiger partial charge in [-0.05, 0) is 31.7 Å². The Hall–Kier alpha value is -2.73. The molecule has 1 heterocycles. The van der Waals surface area contributed by atoms with E-state index in [9.17, 15) is 29.1 Å². The molecule has 4 unspecified atom stereocenters. The van der Waals surface area contributed by atoms with E-state index in [0.29, 0.717) is 13.0 Å². The van der Waals surface area contributed by atoms with Crippen molar-refractivity contribution >= 4 is 29.7 Å². The zero-order chi connectivity index (χ0) is 22.8. The van der Waals surface area contributed by atoms with Crippen molar-refractivity contribution in [3.05, 3.63) is 0 Å². The van der Waals surface area contributed by atoms with Crippen LogP contribution in [0.25, 0.3) is 0 Å². The van der Waals surface area contributed by atoms with E-state index < -0.39 is 72.8 Å². The molecule has 0 aromatic carbocycles. The number of rotatable bonds is 12. The average Bonchev–Trinajstić information content (AvgIpc) is 3.21. The lowest BCUT2D eigenvalue weighted by Gasteiger charge is -2.25. The molecule has 12 heteroatoms. The Morgan fingerprint density at radius 3 is 2.10 bits per heavy atom. The zero-order valence-electron chi connectivity index (χ0n) is 17.0. The molecule has 12 nitrogen and oxygen atoms in total. The van der Waals surface area contributed by atoms with E-state index in [2.05, 4.69) is 21.3 Å².